The minimum Gasteiger partial charge on any atom is -0.344 e. The number of rotatable bonds is 11. The fourth-order valence-corrected chi connectivity index (χ4v) is 6.23. The van der Waals surface area contributed by atoms with Crippen LogP contribution in [0.5, 0.6) is 0 Å². The second kappa shape index (κ2) is 12.3. The van der Waals surface area contributed by atoms with E-state index in [4.69, 9.17) is 5.84 Å². The van der Waals surface area contributed by atoms with Crippen LogP contribution in [0.15, 0.2) is 35.5 Å². The Morgan fingerprint density at radius 2 is 1.93 bits per heavy atom. The van der Waals surface area contributed by atoms with Gasteiger partial charge in [0.1, 0.15) is 5.82 Å². The predicted octanol–water partition coefficient (Wildman–Crippen LogP) is 5.25. The predicted molar refractivity (Wildman–Crippen MR) is 164 cm³/mol. The molecule has 2 saturated carbocycles. The number of hydrogen-bond donors (Lipinski definition) is 4. The Balaban J connectivity index is 1.76. The van der Waals surface area contributed by atoms with E-state index in [9.17, 15) is 14.0 Å². The summed E-state index contributed by atoms with van der Waals surface area (Å²) in [6, 6.07) is 4.50. The van der Waals surface area contributed by atoms with Crippen molar-refractivity contribution in [1.82, 2.24) is 15.3 Å². The van der Waals surface area contributed by atoms with Crippen LogP contribution in [-0.4, -0.2) is 21.9 Å². The van der Waals surface area contributed by atoms with Crippen molar-refractivity contribution in [3.8, 4) is 0 Å². The number of nitrogens with two attached hydrogens (primary N) is 1. The highest BCUT2D eigenvalue weighted by atomic mass is 31.0. The van der Waals surface area contributed by atoms with Crippen LogP contribution >= 0.6 is 9.24 Å². The first-order valence-electron chi connectivity index (χ1n) is 14.4. The highest BCUT2D eigenvalue weighted by Gasteiger charge is 2.49. The van der Waals surface area contributed by atoms with Crippen molar-refractivity contribution in [3.05, 3.63) is 63.9 Å². The minimum atomic E-state index is -0.405. The molecule has 40 heavy (non-hydrogen) atoms. The van der Waals surface area contributed by atoms with Gasteiger partial charge >= 0.3 is 0 Å². The number of carbonyl (C=O) groups is 2. The molecule has 2 amide bonds. The number of halogens is 1. The summed E-state index contributed by atoms with van der Waals surface area (Å²) >= 11 is 0. The smallest absolute Gasteiger partial charge is 0.257 e. The van der Waals surface area contributed by atoms with Crippen molar-refractivity contribution >= 4 is 37.6 Å². The van der Waals surface area contributed by atoms with E-state index in [0.717, 1.165) is 66.6 Å². The first-order chi connectivity index (χ1) is 19.1. The number of hydrogen-bond acceptors (Lipinski definition) is 4. The Kier molecular flexibility index (Phi) is 9.21. The van der Waals surface area contributed by atoms with Crippen molar-refractivity contribution in [3.63, 3.8) is 0 Å². The largest absolute Gasteiger partial charge is 0.344 e. The van der Waals surface area contributed by atoms with Crippen molar-refractivity contribution in [2.75, 3.05) is 5.32 Å². The van der Waals surface area contributed by atoms with Crippen molar-refractivity contribution in [2.24, 2.45) is 11.8 Å². The average molecular weight is 568 g/mol. The van der Waals surface area contributed by atoms with E-state index in [1.165, 1.54) is 6.07 Å². The van der Waals surface area contributed by atoms with Gasteiger partial charge in [-0.15, -0.1) is 9.24 Å². The molecule has 2 unspecified atom stereocenters. The number of aromatic nitrogens is 1. The van der Waals surface area contributed by atoms with Crippen LogP contribution < -0.4 is 27.2 Å². The maximum Gasteiger partial charge on any atom is 0.257 e. The van der Waals surface area contributed by atoms with E-state index in [0.29, 0.717) is 35.1 Å². The standard InChI is InChI=1S/C31H43FN5O2P/c1-6-18(4)22(17-34-33)31(14-15-31)36-30(39)27(20-10-9-11-20)28-19(5)26(24(7-2)37(28)8-3)29(38)35-21-12-13-23(32)25(40)16-21/h12-13,16-18,34H,6-11,14-15,33,40H2,1-5H3,(H,35,38)(H,36,39)/b22-17+. The zero-order valence-corrected chi connectivity index (χ0v) is 25.5. The summed E-state index contributed by atoms with van der Waals surface area (Å²) in [6.45, 7) is 10.9. The number of carbonyl (C=O) groups excluding carboxylic acids is 2. The summed E-state index contributed by atoms with van der Waals surface area (Å²) in [4.78, 5) is 27.9. The molecule has 7 nitrogen and oxygen atoms in total. The van der Waals surface area contributed by atoms with E-state index >= 15 is 0 Å². The molecule has 2 aliphatic rings. The third-order valence-corrected chi connectivity index (χ3v) is 9.00. The van der Waals surface area contributed by atoms with Gasteiger partial charge in [-0.1, -0.05) is 26.3 Å². The van der Waals surface area contributed by atoms with Gasteiger partial charge in [-0.05, 0) is 94.0 Å². The highest BCUT2D eigenvalue weighted by molar-refractivity contribution is 7.27. The maximum absolute atomic E-state index is 14.2. The number of nitrogens with zero attached hydrogens (tertiary/aromatic N) is 1. The van der Waals surface area contributed by atoms with Gasteiger partial charge in [0, 0.05) is 29.4 Å². The van der Waals surface area contributed by atoms with Gasteiger partial charge in [-0.3, -0.25) is 15.4 Å². The Labute approximate surface area is 239 Å². The third-order valence-electron chi connectivity index (χ3n) is 8.56. The molecular formula is C31H43FN5O2P. The lowest BCUT2D eigenvalue weighted by Crippen LogP contribution is -2.42. The SMILES string of the molecule is CCc1c(C(=O)Nc2ccc(F)c(P)c2)c(C)c(C(C(=O)NC2(/C(=C/NN)C(C)CC)CC2)=C2CCC2)n1CC. The molecular weight excluding hydrogens is 524 g/mol. The Morgan fingerprint density at radius 1 is 1.23 bits per heavy atom. The van der Waals surface area contributed by atoms with Crippen LogP contribution in [-0.2, 0) is 17.8 Å². The zero-order valence-electron chi connectivity index (χ0n) is 24.3. The summed E-state index contributed by atoms with van der Waals surface area (Å²) in [5, 5.41) is 6.75. The second-order valence-electron chi connectivity index (χ2n) is 11.0. The highest BCUT2D eigenvalue weighted by Crippen LogP contribution is 2.47. The number of amides is 2. The van der Waals surface area contributed by atoms with Crippen LogP contribution in [0.4, 0.5) is 10.1 Å². The molecule has 2 aliphatic carbocycles. The molecule has 0 bridgehead atoms. The molecule has 4 rings (SSSR count). The fraction of sp³-hybridized carbons (Fsp3) is 0.484. The average Bonchev–Trinajstić information content (AvgIpc) is 3.61. The van der Waals surface area contributed by atoms with Crippen molar-refractivity contribution in [1.29, 1.82) is 0 Å². The number of benzene rings is 1. The number of hydrazine groups is 1. The zero-order chi connectivity index (χ0) is 29.2. The number of allylic oxidation sites excluding steroid dienone is 1. The molecule has 1 heterocycles. The molecule has 1 aromatic heterocycles. The number of nitrogens with one attached hydrogen (secondary N) is 3. The van der Waals surface area contributed by atoms with Gasteiger partial charge in [-0.2, -0.15) is 0 Å². The Bertz CT molecular complexity index is 1370. The Hall–Kier alpha value is -2.96. The van der Waals surface area contributed by atoms with Crippen LogP contribution in [0, 0.1) is 18.7 Å². The van der Waals surface area contributed by atoms with E-state index in [1.54, 1.807) is 12.1 Å². The molecule has 0 aliphatic heterocycles. The lowest BCUT2D eigenvalue weighted by Gasteiger charge is -2.29. The normalized spacial score (nSPS) is 16.7. The van der Waals surface area contributed by atoms with Crippen molar-refractivity contribution in [2.45, 2.75) is 91.6 Å². The van der Waals surface area contributed by atoms with Crippen LogP contribution in [0.3, 0.4) is 0 Å². The summed E-state index contributed by atoms with van der Waals surface area (Å²) in [5.41, 5.74) is 8.85. The lowest BCUT2D eigenvalue weighted by molar-refractivity contribution is -0.116. The molecule has 216 valence electrons. The van der Waals surface area contributed by atoms with Gasteiger partial charge < -0.3 is 20.6 Å². The minimum absolute atomic E-state index is 0.0884. The van der Waals surface area contributed by atoms with Crippen LogP contribution in [0.2, 0.25) is 0 Å². The topological polar surface area (TPSA) is 101 Å². The van der Waals surface area contributed by atoms with E-state index < -0.39 is 5.54 Å². The molecule has 0 spiro atoms. The van der Waals surface area contributed by atoms with E-state index in [2.05, 4.69) is 43.7 Å². The Morgan fingerprint density at radius 3 is 2.42 bits per heavy atom. The van der Waals surface area contributed by atoms with Gasteiger partial charge in [0.05, 0.1) is 22.4 Å². The quantitative estimate of drug-likeness (QED) is 0.129. The lowest BCUT2D eigenvalue weighted by atomic mass is 9.84. The summed E-state index contributed by atoms with van der Waals surface area (Å²) in [6.07, 6.45) is 7.95. The first-order valence-corrected chi connectivity index (χ1v) is 15.0. The molecule has 9 heteroatoms. The van der Waals surface area contributed by atoms with Gasteiger partial charge in [-0.25, -0.2) is 4.39 Å². The number of anilines is 1. The monoisotopic (exact) mass is 567 g/mol. The first kappa shape index (κ1) is 30.0. The summed E-state index contributed by atoms with van der Waals surface area (Å²) < 4.78 is 15.9. The molecule has 1 aromatic carbocycles. The van der Waals surface area contributed by atoms with Crippen molar-refractivity contribution < 1.29 is 14.0 Å². The van der Waals surface area contributed by atoms with Crippen LogP contribution in [0.25, 0.3) is 5.57 Å². The van der Waals surface area contributed by atoms with Gasteiger partial charge in [0.15, 0.2) is 0 Å². The van der Waals surface area contributed by atoms with Gasteiger partial charge in [0.2, 0.25) is 0 Å². The third kappa shape index (κ3) is 5.61. The molecule has 0 saturated heterocycles. The van der Waals surface area contributed by atoms with Crippen LogP contribution in [0.1, 0.15) is 93.5 Å². The van der Waals surface area contributed by atoms with E-state index in [-0.39, 0.29) is 23.5 Å². The fourth-order valence-electron chi connectivity index (χ4n) is 5.95. The molecule has 2 fully saturated rings. The van der Waals surface area contributed by atoms with Gasteiger partial charge in [0.25, 0.3) is 11.8 Å². The summed E-state index contributed by atoms with van der Waals surface area (Å²) in [5.74, 6) is 5.27. The van der Waals surface area contributed by atoms with E-state index in [1.807, 2.05) is 27.0 Å². The second-order valence-corrected chi connectivity index (χ2v) is 11.6. The molecule has 0 radical (unpaired) electrons. The summed E-state index contributed by atoms with van der Waals surface area (Å²) in [7, 11) is 2.35. The molecule has 2 atom stereocenters. The molecule has 5 N–H and O–H groups in total. The maximum atomic E-state index is 14.2. The molecule has 2 aromatic rings.